The number of aliphatic carboxylic acids is 1. The fourth-order valence-electron chi connectivity index (χ4n) is 1.99. The molecule has 1 heterocycles. The largest absolute Gasteiger partial charge is 0.480 e. The lowest BCUT2D eigenvalue weighted by Gasteiger charge is -2.36. The Kier molecular flexibility index (Phi) is 6.37. The molecule has 3 N–H and O–H groups in total. The zero-order valence-corrected chi connectivity index (χ0v) is 13.0. The summed E-state index contributed by atoms with van der Waals surface area (Å²) in [5.41, 5.74) is 0. The van der Waals surface area contributed by atoms with E-state index >= 15 is 0 Å². The van der Waals surface area contributed by atoms with Crippen LogP contribution in [0.25, 0.3) is 0 Å². The van der Waals surface area contributed by atoms with Crippen molar-refractivity contribution < 1.29 is 23.1 Å². The normalized spacial score (nSPS) is 18.3. The van der Waals surface area contributed by atoms with Gasteiger partial charge in [0.1, 0.15) is 6.04 Å². The van der Waals surface area contributed by atoms with Crippen molar-refractivity contribution in [2.75, 3.05) is 45.5 Å². The molecule has 1 fully saturated rings. The van der Waals surface area contributed by atoms with Crippen LogP contribution in [-0.4, -0.2) is 86.9 Å². The molecule has 0 aromatic heterocycles. The van der Waals surface area contributed by atoms with Crippen LogP contribution >= 0.6 is 0 Å². The molecular weight excluding hydrogens is 300 g/mol. The van der Waals surface area contributed by atoms with Gasteiger partial charge < -0.3 is 15.3 Å². The SMILES string of the molecule is CC(C(=O)O)N1CCN(C(=O)NCCNS(C)(=O)=O)CC1. The zero-order chi connectivity index (χ0) is 16.0. The van der Waals surface area contributed by atoms with Crippen LogP contribution < -0.4 is 10.0 Å². The van der Waals surface area contributed by atoms with Crippen molar-refractivity contribution in [2.24, 2.45) is 0 Å². The van der Waals surface area contributed by atoms with E-state index < -0.39 is 22.0 Å². The van der Waals surface area contributed by atoms with Crippen molar-refractivity contribution in [3.63, 3.8) is 0 Å². The van der Waals surface area contributed by atoms with E-state index in [0.717, 1.165) is 6.26 Å². The number of rotatable bonds is 6. The molecule has 1 rings (SSSR count). The number of piperazine rings is 1. The quantitative estimate of drug-likeness (QED) is 0.503. The molecule has 2 amide bonds. The van der Waals surface area contributed by atoms with Gasteiger partial charge >= 0.3 is 12.0 Å². The second kappa shape index (κ2) is 7.57. The number of nitrogens with one attached hydrogen (secondary N) is 2. The number of carbonyl (C=O) groups excluding carboxylic acids is 1. The average molecular weight is 322 g/mol. The number of carbonyl (C=O) groups is 2. The third kappa shape index (κ3) is 6.27. The highest BCUT2D eigenvalue weighted by molar-refractivity contribution is 7.88. The summed E-state index contributed by atoms with van der Waals surface area (Å²) in [5, 5.41) is 11.5. The molecule has 1 atom stereocenters. The smallest absolute Gasteiger partial charge is 0.320 e. The molecule has 1 unspecified atom stereocenters. The third-order valence-corrected chi connectivity index (χ3v) is 4.00. The molecule has 1 saturated heterocycles. The number of carboxylic acids is 1. The molecule has 0 aromatic carbocycles. The minimum atomic E-state index is -3.25. The molecule has 122 valence electrons. The van der Waals surface area contributed by atoms with Crippen LogP contribution in [0, 0.1) is 0 Å². The Morgan fingerprint density at radius 3 is 2.24 bits per heavy atom. The Morgan fingerprint density at radius 2 is 1.76 bits per heavy atom. The van der Waals surface area contributed by atoms with Crippen molar-refractivity contribution in [1.82, 2.24) is 19.8 Å². The molecular formula is C11H22N4O5S. The molecule has 0 saturated carbocycles. The maximum Gasteiger partial charge on any atom is 0.320 e. The van der Waals surface area contributed by atoms with Gasteiger partial charge in [0.2, 0.25) is 10.0 Å². The average Bonchev–Trinajstić information content (AvgIpc) is 2.41. The molecule has 10 heteroatoms. The van der Waals surface area contributed by atoms with Gasteiger partial charge in [-0.3, -0.25) is 9.69 Å². The topological polar surface area (TPSA) is 119 Å². The summed E-state index contributed by atoms with van der Waals surface area (Å²) in [7, 11) is -3.25. The van der Waals surface area contributed by atoms with Crippen LogP contribution in [-0.2, 0) is 14.8 Å². The number of sulfonamides is 1. The number of carboxylic acid groups (broad SMARTS) is 1. The number of hydrogen-bond acceptors (Lipinski definition) is 5. The van der Waals surface area contributed by atoms with Gasteiger partial charge in [-0.2, -0.15) is 0 Å². The summed E-state index contributed by atoms with van der Waals surface area (Å²) < 4.78 is 24.0. The predicted octanol–water partition coefficient (Wildman–Crippen LogP) is -1.66. The molecule has 0 bridgehead atoms. The molecule has 0 aromatic rings. The monoisotopic (exact) mass is 322 g/mol. The minimum Gasteiger partial charge on any atom is -0.480 e. The highest BCUT2D eigenvalue weighted by Gasteiger charge is 2.26. The lowest BCUT2D eigenvalue weighted by Crippen LogP contribution is -2.55. The third-order valence-electron chi connectivity index (χ3n) is 3.27. The van der Waals surface area contributed by atoms with Crippen molar-refractivity contribution in [3.8, 4) is 0 Å². The van der Waals surface area contributed by atoms with Crippen molar-refractivity contribution in [3.05, 3.63) is 0 Å². The van der Waals surface area contributed by atoms with Crippen molar-refractivity contribution >= 4 is 22.0 Å². The highest BCUT2D eigenvalue weighted by Crippen LogP contribution is 2.06. The van der Waals surface area contributed by atoms with E-state index in [2.05, 4.69) is 10.0 Å². The van der Waals surface area contributed by atoms with Crippen LogP contribution in [0.15, 0.2) is 0 Å². The van der Waals surface area contributed by atoms with Gasteiger partial charge in [-0.05, 0) is 6.92 Å². The van der Waals surface area contributed by atoms with E-state index in [1.807, 2.05) is 0 Å². The lowest BCUT2D eigenvalue weighted by molar-refractivity contribution is -0.143. The van der Waals surface area contributed by atoms with E-state index in [1.54, 1.807) is 16.7 Å². The van der Waals surface area contributed by atoms with E-state index in [0.29, 0.717) is 26.2 Å². The summed E-state index contributed by atoms with van der Waals surface area (Å²) in [5.74, 6) is -0.875. The Labute approximate surface area is 124 Å². The first-order valence-corrected chi connectivity index (χ1v) is 8.54. The van der Waals surface area contributed by atoms with E-state index in [4.69, 9.17) is 5.11 Å². The Balaban J connectivity index is 2.27. The van der Waals surface area contributed by atoms with Gasteiger partial charge in [-0.25, -0.2) is 17.9 Å². The number of amides is 2. The van der Waals surface area contributed by atoms with E-state index in [9.17, 15) is 18.0 Å². The second-order valence-corrected chi connectivity index (χ2v) is 6.77. The molecule has 21 heavy (non-hydrogen) atoms. The number of hydrogen-bond donors (Lipinski definition) is 3. The van der Waals surface area contributed by atoms with Crippen LogP contribution in [0.5, 0.6) is 0 Å². The van der Waals surface area contributed by atoms with Gasteiger partial charge in [0, 0.05) is 39.3 Å². The molecule has 0 aliphatic carbocycles. The van der Waals surface area contributed by atoms with Crippen molar-refractivity contribution in [1.29, 1.82) is 0 Å². The first kappa shape index (κ1) is 17.7. The fourth-order valence-corrected chi connectivity index (χ4v) is 2.46. The molecule has 0 spiro atoms. The summed E-state index contributed by atoms with van der Waals surface area (Å²) >= 11 is 0. The van der Waals surface area contributed by atoms with Crippen LogP contribution in [0.4, 0.5) is 4.79 Å². The summed E-state index contributed by atoms with van der Waals surface area (Å²) in [4.78, 5) is 26.1. The predicted molar refractivity (Wildman–Crippen MR) is 76.5 cm³/mol. The minimum absolute atomic E-state index is 0.139. The first-order valence-electron chi connectivity index (χ1n) is 6.65. The Hall–Kier alpha value is -1.39. The highest BCUT2D eigenvalue weighted by atomic mass is 32.2. The molecule has 9 nitrogen and oxygen atoms in total. The Bertz CT molecular complexity index is 473. The second-order valence-electron chi connectivity index (χ2n) is 4.94. The zero-order valence-electron chi connectivity index (χ0n) is 12.2. The number of urea groups is 1. The van der Waals surface area contributed by atoms with Gasteiger partial charge in [-0.15, -0.1) is 0 Å². The Morgan fingerprint density at radius 1 is 1.19 bits per heavy atom. The lowest BCUT2D eigenvalue weighted by atomic mass is 10.2. The summed E-state index contributed by atoms with van der Waals surface area (Å²) in [6.07, 6.45) is 1.05. The standard InChI is InChI=1S/C11H22N4O5S/c1-9(10(16)17)14-5-7-15(8-6-14)11(18)12-3-4-13-21(2,19)20/h9,13H,3-8H2,1-2H3,(H,12,18)(H,16,17). The maximum absolute atomic E-state index is 11.8. The van der Waals surface area contributed by atoms with Gasteiger partial charge in [-0.1, -0.05) is 0 Å². The van der Waals surface area contributed by atoms with Gasteiger partial charge in [0.15, 0.2) is 0 Å². The fraction of sp³-hybridized carbons (Fsp3) is 0.818. The molecule has 0 radical (unpaired) electrons. The molecule has 1 aliphatic rings. The van der Waals surface area contributed by atoms with E-state index in [-0.39, 0.29) is 19.1 Å². The summed E-state index contributed by atoms with van der Waals surface area (Å²) in [6, 6.07) is -0.831. The van der Waals surface area contributed by atoms with Crippen LogP contribution in [0.2, 0.25) is 0 Å². The van der Waals surface area contributed by atoms with Crippen LogP contribution in [0.3, 0.4) is 0 Å². The number of nitrogens with zero attached hydrogens (tertiary/aromatic N) is 2. The van der Waals surface area contributed by atoms with Gasteiger partial charge in [0.05, 0.1) is 6.26 Å². The van der Waals surface area contributed by atoms with E-state index in [1.165, 1.54) is 0 Å². The van der Waals surface area contributed by atoms with Gasteiger partial charge in [0.25, 0.3) is 0 Å². The van der Waals surface area contributed by atoms with Crippen molar-refractivity contribution in [2.45, 2.75) is 13.0 Å². The van der Waals surface area contributed by atoms with Crippen LogP contribution in [0.1, 0.15) is 6.92 Å². The molecule has 1 aliphatic heterocycles. The summed E-state index contributed by atoms with van der Waals surface area (Å²) in [6.45, 7) is 3.87. The first-order chi connectivity index (χ1) is 9.70. The maximum atomic E-state index is 11.8.